The maximum absolute atomic E-state index is 11.0. The fourth-order valence-electron chi connectivity index (χ4n) is 0.435. The summed E-state index contributed by atoms with van der Waals surface area (Å²) in [5.74, 6) is 0. The van der Waals surface area contributed by atoms with E-state index >= 15 is 0 Å². The molecule has 1 N–H and O–H groups in total. The van der Waals surface area contributed by atoms with Gasteiger partial charge >= 0.3 is 16.3 Å². The quantitative estimate of drug-likeness (QED) is 0.707. The summed E-state index contributed by atoms with van der Waals surface area (Å²) in [5.41, 5.74) is 0. The summed E-state index contributed by atoms with van der Waals surface area (Å²) in [6.07, 6.45) is -1.32. The number of ether oxygens (including phenoxy) is 1. The Labute approximate surface area is 78.0 Å². The van der Waals surface area contributed by atoms with Gasteiger partial charge in [0.25, 0.3) is 0 Å². The second-order valence-corrected chi connectivity index (χ2v) is 4.73. The summed E-state index contributed by atoms with van der Waals surface area (Å²) in [6.45, 7) is 3.25. The predicted octanol–water partition coefficient (Wildman–Crippen LogP) is -0.0726. The van der Waals surface area contributed by atoms with Crippen molar-refractivity contribution in [2.45, 2.75) is 20.0 Å². The molecule has 0 rings (SSSR count). The third kappa shape index (κ3) is 4.69. The van der Waals surface area contributed by atoms with E-state index in [4.69, 9.17) is 0 Å². The van der Waals surface area contributed by atoms with Gasteiger partial charge in [-0.25, -0.2) is 9.52 Å². The Balaban J connectivity index is 4.22. The summed E-state index contributed by atoms with van der Waals surface area (Å²) in [7, 11) is -1.11. The molecule has 0 aliphatic carbocycles. The van der Waals surface area contributed by atoms with E-state index in [1.54, 1.807) is 18.6 Å². The number of hydrogen-bond donors (Lipinski definition) is 1. The first-order valence-corrected chi connectivity index (χ1v) is 5.10. The summed E-state index contributed by atoms with van der Waals surface area (Å²) in [5, 5.41) is 0. The van der Waals surface area contributed by atoms with Gasteiger partial charge in [-0.05, 0) is 13.8 Å². The maximum Gasteiger partial charge on any atom is 0.422 e. The van der Waals surface area contributed by atoms with Crippen LogP contribution in [0, 0.1) is 0 Å². The third-order valence-electron chi connectivity index (χ3n) is 1.04. The van der Waals surface area contributed by atoms with Crippen LogP contribution in [0.2, 0.25) is 0 Å². The zero-order valence-electron chi connectivity index (χ0n) is 8.07. The highest BCUT2D eigenvalue weighted by Crippen LogP contribution is 1.93. The Kier molecular flexibility index (Phi) is 4.15. The summed E-state index contributed by atoms with van der Waals surface area (Å²) < 4.78 is 29.3. The molecule has 0 unspecified atom stereocenters. The number of nitrogens with one attached hydrogen (secondary N) is 1. The second-order valence-electron chi connectivity index (χ2n) is 2.84. The van der Waals surface area contributed by atoms with Crippen LogP contribution in [0.15, 0.2) is 0 Å². The Bertz CT molecular complexity index is 270. The van der Waals surface area contributed by atoms with Gasteiger partial charge in [-0.2, -0.15) is 12.7 Å². The minimum atomic E-state index is -3.73. The number of nitrogens with zero attached hydrogens (tertiary/aromatic N) is 1. The molecule has 0 saturated carbocycles. The fourth-order valence-corrected chi connectivity index (χ4v) is 0.876. The van der Waals surface area contributed by atoms with Crippen LogP contribution >= 0.6 is 0 Å². The molecule has 0 radical (unpaired) electrons. The van der Waals surface area contributed by atoms with Gasteiger partial charge in [-0.1, -0.05) is 0 Å². The van der Waals surface area contributed by atoms with E-state index in [2.05, 4.69) is 4.74 Å². The van der Waals surface area contributed by atoms with E-state index in [9.17, 15) is 13.2 Å². The van der Waals surface area contributed by atoms with Gasteiger partial charge in [0.15, 0.2) is 0 Å². The average Bonchev–Trinajstić information content (AvgIpc) is 1.82. The molecule has 1 amide bonds. The Morgan fingerprint density at radius 2 is 1.85 bits per heavy atom. The van der Waals surface area contributed by atoms with Crippen molar-refractivity contribution in [2.24, 2.45) is 0 Å². The van der Waals surface area contributed by atoms with Crippen molar-refractivity contribution in [2.75, 3.05) is 14.1 Å². The van der Waals surface area contributed by atoms with Gasteiger partial charge in [0, 0.05) is 14.1 Å². The number of carbonyl (C=O) groups excluding carboxylic acids is 1. The van der Waals surface area contributed by atoms with Gasteiger partial charge in [-0.15, -0.1) is 0 Å². The van der Waals surface area contributed by atoms with Crippen molar-refractivity contribution in [3.8, 4) is 0 Å². The lowest BCUT2D eigenvalue weighted by Crippen LogP contribution is -2.40. The summed E-state index contributed by atoms with van der Waals surface area (Å²) >= 11 is 0. The highest BCUT2D eigenvalue weighted by atomic mass is 32.2. The molecule has 0 atom stereocenters. The first-order valence-electron chi connectivity index (χ1n) is 3.66. The molecule has 0 aromatic heterocycles. The van der Waals surface area contributed by atoms with Crippen LogP contribution in [0.25, 0.3) is 0 Å². The van der Waals surface area contributed by atoms with Crippen LogP contribution in [-0.4, -0.2) is 39.0 Å². The van der Waals surface area contributed by atoms with Crippen LogP contribution in [-0.2, 0) is 14.9 Å². The van der Waals surface area contributed by atoms with Crippen molar-refractivity contribution in [3.63, 3.8) is 0 Å². The molecule has 0 aromatic rings. The Morgan fingerprint density at radius 3 is 2.15 bits per heavy atom. The van der Waals surface area contributed by atoms with Crippen LogP contribution in [0.4, 0.5) is 4.79 Å². The van der Waals surface area contributed by atoms with Crippen LogP contribution in [0.5, 0.6) is 0 Å². The minimum absolute atomic E-state index is 0.350. The Morgan fingerprint density at radius 1 is 1.38 bits per heavy atom. The average molecular weight is 210 g/mol. The number of hydrogen-bond acceptors (Lipinski definition) is 4. The van der Waals surface area contributed by atoms with Gasteiger partial charge in [-0.3, -0.25) is 0 Å². The molecule has 6 nitrogen and oxygen atoms in total. The zero-order chi connectivity index (χ0) is 10.6. The molecule has 0 aromatic carbocycles. The summed E-state index contributed by atoms with van der Waals surface area (Å²) in [4.78, 5) is 10.8. The van der Waals surface area contributed by atoms with E-state index < -0.39 is 16.3 Å². The van der Waals surface area contributed by atoms with Crippen LogP contribution in [0.3, 0.4) is 0 Å². The van der Waals surface area contributed by atoms with Crippen molar-refractivity contribution < 1.29 is 17.9 Å². The van der Waals surface area contributed by atoms with Crippen molar-refractivity contribution in [3.05, 3.63) is 0 Å². The first-order chi connectivity index (χ1) is 5.75. The predicted molar refractivity (Wildman–Crippen MR) is 47.4 cm³/mol. The number of amides is 1. The first kappa shape index (κ1) is 12.2. The molecular weight excluding hydrogens is 196 g/mol. The molecule has 0 spiro atoms. The third-order valence-corrected chi connectivity index (χ3v) is 2.42. The molecule has 0 aliphatic rings. The van der Waals surface area contributed by atoms with Crippen LogP contribution in [0.1, 0.15) is 13.8 Å². The van der Waals surface area contributed by atoms with E-state index in [0.29, 0.717) is 0 Å². The highest BCUT2D eigenvalue weighted by molar-refractivity contribution is 7.87. The fraction of sp³-hybridized carbons (Fsp3) is 0.833. The number of rotatable bonds is 3. The highest BCUT2D eigenvalue weighted by Gasteiger charge is 2.18. The zero-order valence-corrected chi connectivity index (χ0v) is 8.88. The standard InChI is InChI=1S/C6H14N2O4S/c1-5(2)12-6(9)7-13(10,11)8(3)4/h5H,1-4H3,(H,7,9). The van der Waals surface area contributed by atoms with Gasteiger partial charge in [0.1, 0.15) is 0 Å². The van der Waals surface area contributed by atoms with Crippen molar-refractivity contribution in [1.29, 1.82) is 0 Å². The van der Waals surface area contributed by atoms with Crippen LogP contribution < -0.4 is 4.72 Å². The molecular formula is C6H14N2O4S. The van der Waals surface area contributed by atoms with Gasteiger partial charge < -0.3 is 4.74 Å². The molecule has 7 heteroatoms. The molecule has 0 bridgehead atoms. The molecule has 0 aliphatic heterocycles. The van der Waals surface area contributed by atoms with E-state index in [-0.39, 0.29) is 6.10 Å². The molecule has 0 saturated heterocycles. The lowest BCUT2D eigenvalue weighted by molar-refractivity contribution is 0.121. The Hall–Kier alpha value is -0.820. The second kappa shape index (κ2) is 4.43. The monoisotopic (exact) mass is 210 g/mol. The molecule has 0 heterocycles. The van der Waals surface area contributed by atoms with Crippen molar-refractivity contribution >= 4 is 16.3 Å². The maximum atomic E-state index is 11.0. The van der Waals surface area contributed by atoms with E-state index in [0.717, 1.165) is 4.31 Å². The summed E-state index contributed by atoms with van der Waals surface area (Å²) in [6, 6.07) is 0. The molecule has 0 fully saturated rings. The largest absolute Gasteiger partial charge is 0.446 e. The number of carbonyl (C=O) groups is 1. The van der Waals surface area contributed by atoms with Gasteiger partial charge in [0.2, 0.25) is 0 Å². The molecule has 13 heavy (non-hydrogen) atoms. The lowest BCUT2D eigenvalue weighted by atomic mass is 10.5. The molecule has 78 valence electrons. The van der Waals surface area contributed by atoms with E-state index in [1.165, 1.54) is 14.1 Å². The van der Waals surface area contributed by atoms with E-state index in [1.807, 2.05) is 0 Å². The SMILES string of the molecule is CC(C)OC(=O)NS(=O)(=O)N(C)C. The van der Waals surface area contributed by atoms with Crippen molar-refractivity contribution in [1.82, 2.24) is 9.03 Å². The minimum Gasteiger partial charge on any atom is -0.446 e. The van der Waals surface area contributed by atoms with Gasteiger partial charge in [0.05, 0.1) is 6.10 Å². The smallest absolute Gasteiger partial charge is 0.422 e. The topological polar surface area (TPSA) is 75.7 Å². The normalized spacial score (nSPS) is 11.8. The lowest BCUT2D eigenvalue weighted by Gasteiger charge is -2.13.